The molecule has 328 valence electrons. The van der Waals surface area contributed by atoms with E-state index in [1.807, 2.05) is 12.3 Å². The molecule has 0 amide bonds. The van der Waals surface area contributed by atoms with Crippen molar-refractivity contribution < 1.29 is 25.8 Å². The maximum atomic E-state index is 7.04. The Balaban J connectivity index is 0.00000518. The maximum absolute atomic E-state index is 7.04. The number of aryl methyl sites for hydroxylation is 2. The first-order valence-corrected chi connectivity index (χ1v) is 22.5. The quantitative estimate of drug-likeness (QED) is 0.0862. The van der Waals surface area contributed by atoms with Crippen LogP contribution >= 0.6 is 0 Å². The number of fused-ring (bicyclic) bond motifs is 7. The summed E-state index contributed by atoms with van der Waals surface area (Å²) in [5, 5.41) is 2.25. The van der Waals surface area contributed by atoms with Gasteiger partial charge in [-0.1, -0.05) is 141 Å². The second-order valence-electron chi connectivity index (χ2n) is 20.9. The Hall–Kier alpha value is -5.32. The van der Waals surface area contributed by atoms with Gasteiger partial charge in [-0.2, -0.15) is 10.7 Å². The van der Waals surface area contributed by atoms with Gasteiger partial charge in [0.05, 0.1) is 5.69 Å². The van der Waals surface area contributed by atoms with Gasteiger partial charge in [0.2, 0.25) is 11.4 Å². The van der Waals surface area contributed by atoms with Crippen molar-refractivity contribution in [2.75, 3.05) is 0 Å². The molecule has 10 rings (SSSR count). The van der Waals surface area contributed by atoms with E-state index in [0.29, 0.717) is 26.6 Å². The molecule has 0 saturated carbocycles. The first-order valence-electron chi connectivity index (χ1n) is 22.5. The van der Waals surface area contributed by atoms with E-state index in [0.717, 1.165) is 38.9 Å². The normalized spacial score (nSPS) is 18.1. The number of aromatic nitrogens is 2. The molecule has 2 aliphatic heterocycles. The van der Waals surface area contributed by atoms with Gasteiger partial charge >= 0.3 is 0 Å². The Kier molecular flexibility index (Phi) is 10.4. The van der Waals surface area contributed by atoms with Crippen LogP contribution in [0, 0.1) is 38.1 Å². The summed E-state index contributed by atoms with van der Waals surface area (Å²) in [5.74, 6) is 2.48. The maximum Gasteiger partial charge on any atom is 0.225 e. The molecule has 6 heteroatoms. The molecule has 8 aromatic rings. The molecule has 5 nitrogen and oxygen atoms in total. The van der Waals surface area contributed by atoms with Crippen molar-refractivity contribution in [3.8, 4) is 28.4 Å². The number of benzene rings is 6. The fourth-order valence-corrected chi connectivity index (χ4v) is 9.74. The monoisotopic (exact) mass is 1020 g/mol. The van der Waals surface area contributed by atoms with Crippen molar-refractivity contribution in [3.63, 3.8) is 0 Å². The largest absolute Gasteiger partial charge is 0.509 e. The molecule has 0 aliphatic carbocycles. The van der Waals surface area contributed by atoms with E-state index in [1.165, 1.54) is 50.4 Å². The van der Waals surface area contributed by atoms with Crippen molar-refractivity contribution in [3.05, 3.63) is 174 Å². The molecular weight excluding hydrogens is 964 g/mol. The summed E-state index contributed by atoms with van der Waals surface area (Å²) in [6.45, 7) is 29.9. The Morgan fingerprint density at radius 2 is 1.36 bits per heavy atom. The summed E-state index contributed by atoms with van der Waals surface area (Å²) >= 11 is 0. The molecule has 1 saturated heterocycles. The molecule has 2 atom stereocenters. The zero-order chi connectivity index (χ0) is 44.4. The number of rotatable bonds is 8. The standard InChI is InChI=1S/C58H59N4O.Pt/c1-37(2)47-20-13-14-21-48(47)40-30-44(62-36-61(62,53-28-38(3)39(4)29-54(53)62)43-19-17-18-41(32-43)56(5,6)7)34-46(31-40)63-45-24-25-50-49-22-15-16-23-51(49)60(52(50)35-45)55-33-42(26-27-59-55)58(11,12)57(8,9)10;/h13-33,36-37H,1-12H3;/q-1;/t61-,62?;/m0./s1. The summed E-state index contributed by atoms with van der Waals surface area (Å²) in [6.07, 6.45) is 1.95. The van der Waals surface area contributed by atoms with E-state index < -0.39 is 0 Å². The molecule has 2 aliphatic rings. The van der Waals surface area contributed by atoms with Crippen LogP contribution in [0.2, 0.25) is 0 Å². The molecule has 2 aromatic heterocycles. The Morgan fingerprint density at radius 1 is 0.656 bits per heavy atom. The van der Waals surface area contributed by atoms with Gasteiger partial charge in [-0.3, -0.25) is 0 Å². The summed E-state index contributed by atoms with van der Waals surface area (Å²) in [6, 6.07) is 52.1. The number of hydrogen-bond acceptors (Lipinski definition) is 2. The van der Waals surface area contributed by atoms with Crippen LogP contribution in [0.5, 0.6) is 11.5 Å². The topological polar surface area (TPSA) is 27.1 Å². The molecular formula is C58H59N4OPt-. The molecule has 1 unspecified atom stereocenters. The third kappa shape index (κ3) is 6.56. The average Bonchev–Trinajstić information content (AvgIpc) is 3.76. The summed E-state index contributed by atoms with van der Waals surface area (Å²) in [7, 11) is 0. The van der Waals surface area contributed by atoms with Crippen LogP contribution in [0.15, 0.2) is 128 Å². The SMILES string of the molecule is Cc1cc2c(cc1C)[N@@+]1(c3cccc(C(C)(C)C)c3)[CH-][N+]21c1[c-]c(Oc2[c-]c3c(cc2)c2ccccc2n3-c2cc(C(C)(C)C(C)(C)C)ccn2)cc(-c2ccccc2C(C)C)c1.[Pt]. The van der Waals surface area contributed by atoms with Gasteiger partial charge in [0.25, 0.3) is 0 Å². The van der Waals surface area contributed by atoms with E-state index in [-0.39, 0.29) is 37.3 Å². The Bertz CT molecular complexity index is 3140. The molecule has 1 fully saturated rings. The smallest absolute Gasteiger partial charge is 0.225 e. The van der Waals surface area contributed by atoms with Crippen LogP contribution in [-0.4, -0.2) is 9.55 Å². The van der Waals surface area contributed by atoms with E-state index in [4.69, 9.17) is 9.72 Å². The van der Waals surface area contributed by atoms with E-state index in [2.05, 4.69) is 222 Å². The van der Waals surface area contributed by atoms with Crippen LogP contribution < -0.4 is 13.9 Å². The zero-order valence-corrected chi connectivity index (χ0v) is 41.6. The van der Waals surface area contributed by atoms with Gasteiger partial charge in [-0.25, -0.2) is 9.58 Å². The number of quaternary nitrogens is 2. The third-order valence-corrected chi connectivity index (χ3v) is 14.6. The van der Waals surface area contributed by atoms with Crippen LogP contribution in [-0.2, 0) is 31.9 Å². The van der Waals surface area contributed by atoms with E-state index in [9.17, 15) is 0 Å². The minimum Gasteiger partial charge on any atom is -0.509 e. The number of nitrogens with zero attached hydrogens (tertiary/aromatic N) is 4. The van der Waals surface area contributed by atoms with E-state index >= 15 is 0 Å². The van der Waals surface area contributed by atoms with Crippen LogP contribution in [0.4, 0.5) is 22.7 Å². The van der Waals surface area contributed by atoms with Crippen molar-refractivity contribution in [2.45, 2.75) is 99.8 Å². The molecule has 0 radical (unpaired) electrons. The molecule has 6 aromatic carbocycles. The number of para-hydroxylation sites is 1. The number of pyridine rings is 1. The summed E-state index contributed by atoms with van der Waals surface area (Å²) in [5.41, 5.74) is 15.6. The van der Waals surface area contributed by atoms with Gasteiger partial charge in [0.1, 0.15) is 5.82 Å². The Morgan fingerprint density at radius 3 is 2.08 bits per heavy atom. The Labute approximate surface area is 394 Å². The third-order valence-electron chi connectivity index (χ3n) is 14.6. The van der Waals surface area contributed by atoms with Crippen molar-refractivity contribution >= 4 is 44.6 Å². The minimum atomic E-state index is -0.0879. The van der Waals surface area contributed by atoms with Gasteiger partial charge in [-0.05, 0) is 93.0 Å². The number of hydrogen-bond donors (Lipinski definition) is 0. The molecule has 0 N–H and O–H groups in total. The van der Waals surface area contributed by atoms with Crippen molar-refractivity contribution in [1.29, 1.82) is 0 Å². The molecule has 0 bridgehead atoms. The van der Waals surface area contributed by atoms with Gasteiger partial charge in [0, 0.05) is 68.5 Å². The van der Waals surface area contributed by atoms with Crippen LogP contribution in [0.25, 0.3) is 38.8 Å². The van der Waals surface area contributed by atoms with Crippen molar-refractivity contribution in [2.24, 2.45) is 5.41 Å². The van der Waals surface area contributed by atoms with Gasteiger partial charge in [0.15, 0.2) is 12.4 Å². The van der Waals surface area contributed by atoms with Crippen LogP contribution in [0.1, 0.15) is 103 Å². The number of ether oxygens (including phenoxy) is 1. The predicted molar refractivity (Wildman–Crippen MR) is 263 cm³/mol. The fraction of sp³-hybridized carbons (Fsp3) is 0.276. The van der Waals surface area contributed by atoms with E-state index in [1.54, 1.807) is 0 Å². The van der Waals surface area contributed by atoms with Crippen molar-refractivity contribution in [1.82, 2.24) is 18.7 Å². The summed E-state index contributed by atoms with van der Waals surface area (Å²) in [4.78, 5) is 4.99. The first-order chi connectivity index (χ1) is 29.8. The minimum absolute atomic E-state index is 0. The second-order valence-corrected chi connectivity index (χ2v) is 20.9. The second kappa shape index (κ2) is 15.1. The predicted octanol–water partition coefficient (Wildman–Crippen LogP) is 15.9. The molecule has 64 heavy (non-hydrogen) atoms. The van der Waals surface area contributed by atoms with Gasteiger partial charge in [-0.15, -0.1) is 29.1 Å². The summed E-state index contributed by atoms with van der Waals surface area (Å²) < 4.78 is 10.4. The zero-order valence-electron chi connectivity index (χ0n) is 39.3. The van der Waals surface area contributed by atoms with Gasteiger partial charge < -0.3 is 9.30 Å². The fourth-order valence-electron chi connectivity index (χ4n) is 9.74. The molecule has 4 heterocycles. The first kappa shape index (κ1) is 43.9. The average molecular weight is 1020 g/mol. The molecule has 0 spiro atoms. The van der Waals surface area contributed by atoms with Crippen LogP contribution in [0.3, 0.4) is 0 Å².